The van der Waals surface area contributed by atoms with Gasteiger partial charge in [0.1, 0.15) is 5.82 Å². The highest BCUT2D eigenvalue weighted by atomic mass is 35.5. The normalized spacial score (nSPS) is 11.3. The number of aryl methyl sites for hydroxylation is 1. The first-order valence-corrected chi connectivity index (χ1v) is 6.81. The van der Waals surface area contributed by atoms with Crippen molar-refractivity contribution >= 4 is 28.7 Å². The second-order valence-electron chi connectivity index (χ2n) is 4.59. The Morgan fingerprint density at radius 2 is 1.86 bits per heavy atom. The van der Waals surface area contributed by atoms with E-state index >= 15 is 0 Å². The quantitative estimate of drug-likeness (QED) is 0.682. The first-order valence-electron chi connectivity index (χ1n) is 6.43. The van der Waals surface area contributed by atoms with Crippen LogP contribution in [0.4, 0.5) is 0 Å². The van der Waals surface area contributed by atoms with Gasteiger partial charge in [-0.25, -0.2) is 4.98 Å². The van der Waals surface area contributed by atoms with Gasteiger partial charge in [-0.3, -0.25) is 4.79 Å². The Bertz CT molecular complexity index is 882. The number of benzene rings is 2. The summed E-state index contributed by atoms with van der Waals surface area (Å²) in [6.45, 7) is 1.76. The Morgan fingerprint density at radius 3 is 2.62 bits per heavy atom. The van der Waals surface area contributed by atoms with Crippen molar-refractivity contribution in [2.24, 2.45) is 5.10 Å². The number of para-hydroxylation sites is 1. The molecule has 1 heterocycles. The molecule has 0 fully saturated rings. The minimum atomic E-state index is -0.177. The third kappa shape index (κ3) is 2.71. The summed E-state index contributed by atoms with van der Waals surface area (Å²) in [7, 11) is 0. The van der Waals surface area contributed by atoms with E-state index in [-0.39, 0.29) is 5.56 Å². The molecule has 0 aliphatic rings. The molecular weight excluding hydrogens is 286 g/mol. The first kappa shape index (κ1) is 13.5. The third-order valence-electron chi connectivity index (χ3n) is 3.11. The molecule has 0 unspecified atom stereocenters. The van der Waals surface area contributed by atoms with E-state index in [1.165, 1.54) is 4.68 Å². The Kier molecular flexibility index (Phi) is 3.54. The van der Waals surface area contributed by atoms with E-state index in [0.717, 1.165) is 5.56 Å². The maximum atomic E-state index is 12.4. The zero-order chi connectivity index (χ0) is 14.8. The molecule has 0 radical (unpaired) electrons. The van der Waals surface area contributed by atoms with Gasteiger partial charge in [0.25, 0.3) is 5.56 Å². The topological polar surface area (TPSA) is 47.2 Å². The fourth-order valence-electron chi connectivity index (χ4n) is 2.04. The van der Waals surface area contributed by atoms with Crippen molar-refractivity contribution in [3.63, 3.8) is 0 Å². The summed E-state index contributed by atoms with van der Waals surface area (Å²) in [4.78, 5) is 16.8. The molecule has 0 spiro atoms. The molecule has 0 amide bonds. The molecule has 0 bridgehead atoms. The Balaban J connectivity index is 2.08. The zero-order valence-electron chi connectivity index (χ0n) is 11.3. The van der Waals surface area contributed by atoms with E-state index in [1.807, 2.05) is 30.3 Å². The second kappa shape index (κ2) is 5.50. The van der Waals surface area contributed by atoms with Crippen LogP contribution < -0.4 is 5.56 Å². The molecule has 1 aromatic heterocycles. The average Bonchev–Trinajstić information content (AvgIpc) is 2.49. The van der Waals surface area contributed by atoms with Crippen LogP contribution in [0.2, 0.25) is 5.02 Å². The van der Waals surface area contributed by atoms with Gasteiger partial charge in [0, 0.05) is 5.02 Å². The van der Waals surface area contributed by atoms with Crippen molar-refractivity contribution in [3.8, 4) is 0 Å². The molecule has 0 saturated carbocycles. The summed E-state index contributed by atoms with van der Waals surface area (Å²) in [5.74, 6) is 0.545. The van der Waals surface area contributed by atoms with Crippen molar-refractivity contribution in [3.05, 3.63) is 75.3 Å². The lowest BCUT2D eigenvalue weighted by Crippen LogP contribution is -2.20. The van der Waals surface area contributed by atoms with E-state index < -0.39 is 0 Å². The number of fused-ring (bicyclic) bond motifs is 1. The fraction of sp³-hybridized carbons (Fsp3) is 0.0625. The van der Waals surface area contributed by atoms with Gasteiger partial charge in [-0.15, -0.1) is 0 Å². The van der Waals surface area contributed by atoms with Crippen LogP contribution in [0.15, 0.2) is 58.4 Å². The largest absolute Gasteiger partial charge is 0.282 e. The van der Waals surface area contributed by atoms with E-state index in [1.54, 1.807) is 31.3 Å². The van der Waals surface area contributed by atoms with Gasteiger partial charge in [-0.05, 0) is 36.8 Å². The monoisotopic (exact) mass is 297 g/mol. The van der Waals surface area contributed by atoms with Gasteiger partial charge in [0.15, 0.2) is 0 Å². The molecule has 21 heavy (non-hydrogen) atoms. The average molecular weight is 298 g/mol. The van der Waals surface area contributed by atoms with Gasteiger partial charge in [0.05, 0.1) is 17.1 Å². The van der Waals surface area contributed by atoms with Crippen molar-refractivity contribution < 1.29 is 0 Å². The molecule has 0 aliphatic carbocycles. The van der Waals surface area contributed by atoms with Crippen LogP contribution in [0.3, 0.4) is 0 Å². The molecule has 0 saturated heterocycles. The van der Waals surface area contributed by atoms with Crippen molar-refractivity contribution in [2.45, 2.75) is 6.92 Å². The van der Waals surface area contributed by atoms with Gasteiger partial charge in [-0.2, -0.15) is 9.78 Å². The van der Waals surface area contributed by atoms with Crippen LogP contribution in [0, 0.1) is 6.92 Å². The molecule has 0 N–H and O–H groups in total. The first-order chi connectivity index (χ1) is 10.1. The number of hydrogen-bond acceptors (Lipinski definition) is 3. The van der Waals surface area contributed by atoms with Crippen LogP contribution in [0.1, 0.15) is 11.4 Å². The van der Waals surface area contributed by atoms with E-state index in [4.69, 9.17) is 11.6 Å². The van der Waals surface area contributed by atoms with Crippen LogP contribution in [-0.2, 0) is 0 Å². The number of rotatable bonds is 2. The maximum absolute atomic E-state index is 12.4. The molecule has 0 aliphatic heterocycles. The highest BCUT2D eigenvalue weighted by Gasteiger charge is 2.05. The summed E-state index contributed by atoms with van der Waals surface area (Å²) in [5.41, 5.74) is 1.36. The Labute approximate surface area is 126 Å². The molecule has 5 heteroatoms. The Hall–Kier alpha value is -2.46. The zero-order valence-corrected chi connectivity index (χ0v) is 12.1. The number of aromatic nitrogens is 2. The molecule has 104 valence electrons. The highest BCUT2D eigenvalue weighted by molar-refractivity contribution is 6.30. The lowest BCUT2D eigenvalue weighted by molar-refractivity contribution is 0.771. The van der Waals surface area contributed by atoms with E-state index in [2.05, 4.69) is 10.1 Å². The smallest absolute Gasteiger partial charge is 0.267 e. The summed E-state index contributed by atoms with van der Waals surface area (Å²) < 4.78 is 1.30. The minimum absolute atomic E-state index is 0.177. The molecule has 2 aromatic carbocycles. The predicted molar refractivity (Wildman–Crippen MR) is 85.2 cm³/mol. The van der Waals surface area contributed by atoms with E-state index in [9.17, 15) is 4.79 Å². The number of hydrogen-bond donors (Lipinski definition) is 0. The van der Waals surface area contributed by atoms with Crippen molar-refractivity contribution in [2.75, 3.05) is 0 Å². The fourth-order valence-corrected chi connectivity index (χ4v) is 2.17. The maximum Gasteiger partial charge on any atom is 0.282 e. The van der Waals surface area contributed by atoms with E-state index in [0.29, 0.717) is 21.7 Å². The van der Waals surface area contributed by atoms with Crippen LogP contribution in [-0.4, -0.2) is 15.9 Å². The van der Waals surface area contributed by atoms with Crippen LogP contribution >= 0.6 is 11.6 Å². The van der Waals surface area contributed by atoms with Gasteiger partial charge in [-0.1, -0.05) is 35.9 Å². The number of halogens is 1. The van der Waals surface area contributed by atoms with Crippen molar-refractivity contribution in [1.82, 2.24) is 9.66 Å². The standard InChI is InChI=1S/C16H12ClN3O/c1-11-19-15-5-3-2-4-14(15)16(21)20(11)18-10-12-6-8-13(17)9-7-12/h2-10H,1H3/b18-10-. The molecule has 0 atom stereocenters. The predicted octanol–water partition coefficient (Wildman–Crippen LogP) is 3.24. The molecule has 3 rings (SSSR count). The summed E-state index contributed by atoms with van der Waals surface area (Å²) in [6, 6.07) is 14.5. The highest BCUT2D eigenvalue weighted by Crippen LogP contribution is 2.09. The van der Waals surface area contributed by atoms with Crippen molar-refractivity contribution in [1.29, 1.82) is 0 Å². The lowest BCUT2D eigenvalue weighted by atomic mass is 10.2. The van der Waals surface area contributed by atoms with Gasteiger partial charge >= 0.3 is 0 Å². The third-order valence-corrected chi connectivity index (χ3v) is 3.36. The lowest BCUT2D eigenvalue weighted by Gasteiger charge is -2.05. The molecular formula is C16H12ClN3O. The summed E-state index contributed by atoms with van der Waals surface area (Å²) in [6.07, 6.45) is 1.61. The SMILES string of the molecule is Cc1nc2ccccc2c(=O)n1/N=C\c1ccc(Cl)cc1. The van der Waals surface area contributed by atoms with Crippen LogP contribution in [0.25, 0.3) is 10.9 Å². The summed E-state index contributed by atoms with van der Waals surface area (Å²) >= 11 is 5.83. The minimum Gasteiger partial charge on any atom is -0.267 e. The molecule has 4 nitrogen and oxygen atoms in total. The van der Waals surface area contributed by atoms with Crippen LogP contribution in [0.5, 0.6) is 0 Å². The summed E-state index contributed by atoms with van der Waals surface area (Å²) in [5, 5.41) is 5.44. The Morgan fingerprint density at radius 1 is 1.14 bits per heavy atom. The van der Waals surface area contributed by atoms with Gasteiger partial charge in [0.2, 0.25) is 0 Å². The molecule has 3 aromatic rings. The number of nitrogens with zero attached hydrogens (tertiary/aromatic N) is 3. The second-order valence-corrected chi connectivity index (χ2v) is 5.03. The van der Waals surface area contributed by atoms with Gasteiger partial charge < -0.3 is 0 Å².